The maximum absolute atomic E-state index is 11.4. The van der Waals surface area contributed by atoms with E-state index in [-0.39, 0.29) is 28.5 Å². The highest BCUT2D eigenvalue weighted by Crippen LogP contribution is 2.28. The van der Waals surface area contributed by atoms with Crippen LogP contribution in [0.15, 0.2) is 23.8 Å². The number of ether oxygens (including phenoxy) is 1. The number of nitrogens with zero attached hydrogens (tertiary/aromatic N) is 2. The molecule has 0 radical (unpaired) electrons. The van der Waals surface area contributed by atoms with Gasteiger partial charge in [-0.25, -0.2) is 4.79 Å². The summed E-state index contributed by atoms with van der Waals surface area (Å²) in [5.74, 6) is -0.848. The molecule has 1 aromatic rings. The summed E-state index contributed by atoms with van der Waals surface area (Å²) in [5, 5.41) is 19.8. The van der Waals surface area contributed by atoms with E-state index in [0.29, 0.717) is 0 Å². The number of nitro groups is 1. The number of hydrogen-bond donors (Lipinski definition) is 0. The van der Waals surface area contributed by atoms with E-state index in [4.69, 9.17) is 16.9 Å². The van der Waals surface area contributed by atoms with Crippen molar-refractivity contribution >= 4 is 29.3 Å². The molecule has 6 nitrogen and oxygen atoms in total. The average molecular weight is 281 g/mol. The lowest BCUT2D eigenvalue weighted by Crippen LogP contribution is -2.06. The van der Waals surface area contributed by atoms with Crippen LogP contribution in [-0.2, 0) is 9.53 Å². The Morgan fingerprint density at radius 3 is 2.84 bits per heavy atom. The lowest BCUT2D eigenvalue weighted by Gasteiger charge is -2.02. The predicted molar refractivity (Wildman–Crippen MR) is 68.3 cm³/mol. The van der Waals surface area contributed by atoms with Crippen molar-refractivity contribution in [1.29, 1.82) is 5.26 Å². The zero-order chi connectivity index (χ0) is 14.4. The van der Waals surface area contributed by atoms with Crippen LogP contribution in [0.4, 0.5) is 5.69 Å². The first-order chi connectivity index (χ1) is 9.01. The topological polar surface area (TPSA) is 93.2 Å². The highest BCUT2D eigenvalue weighted by atomic mass is 35.5. The fourth-order valence-electron chi connectivity index (χ4n) is 1.32. The van der Waals surface area contributed by atoms with Gasteiger partial charge in [0, 0.05) is 6.07 Å². The Bertz CT molecular complexity index is 590. The SMILES string of the molecule is CCOC(=O)/C(C#N)=C/c1c(Cl)cccc1[N+](=O)[O-]. The van der Waals surface area contributed by atoms with Gasteiger partial charge in [0.25, 0.3) is 5.69 Å². The zero-order valence-electron chi connectivity index (χ0n) is 9.92. The molecule has 0 saturated carbocycles. The second-order valence-electron chi connectivity index (χ2n) is 3.32. The van der Waals surface area contributed by atoms with Gasteiger partial charge in [-0.05, 0) is 19.1 Å². The summed E-state index contributed by atoms with van der Waals surface area (Å²) < 4.78 is 4.66. The van der Waals surface area contributed by atoms with Crippen molar-refractivity contribution in [3.8, 4) is 6.07 Å². The molecule has 98 valence electrons. The fourth-order valence-corrected chi connectivity index (χ4v) is 1.54. The molecule has 0 aliphatic carbocycles. The van der Waals surface area contributed by atoms with Crippen LogP contribution < -0.4 is 0 Å². The van der Waals surface area contributed by atoms with Crippen molar-refractivity contribution < 1.29 is 14.5 Å². The summed E-state index contributed by atoms with van der Waals surface area (Å²) in [7, 11) is 0. The van der Waals surface area contributed by atoms with Crippen molar-refractivity contribution in [3.05, 3.63) is 44.5 Å². The van der Waals surface area contributed by atoms with Gasteiger partial charge < -0.3 is 4.74 Å². The lowest BCUT2D eigenvalue weighted by molar-refractivity contribution is -0.385. The Hall–Kier alpha value is -2.39. The summed E-state index contributed by atoms with van der Waals surface area (Å²) >= 11 is 5.85. The van der Waals surface area contributed by atoms with E-state index in [9.17, 15) is 14.9 Å². The second-order valence-corrected chi connectivity index (χ2v) is 3.73. The van der Waals surface area contributed by atoms with Gasteiger partial charge in [-0.15, -0.1) is 0 Å². The largest absolute Gasteiger partial charge is 0.462 e. The van der Waals surface area contributed by atoms with Crippen LogP contribution in [0.3, 0.4) is 0 Å². The lowest BCUT2D eigenvalue weighted by atomic mass is 10.1. The molecule has 0 atom stereocenters. The van der Waals surface area contributed by atoms with Gasteiger partial charge in [-0.3, -0.25) is 10.1 Å². The van der Waals surface area contributed by atoms with Crippen LogP contribution >= 0.6 is 11.6 Å². The summed E-state index contributed by atoms with van der Waals surface area (Å²) in [6.45, 7) is 1.69. The number of halogens is 1. The third-order valence-corrected chi connectivity index (χ3v) is 2.46. The van der Waals surface area contributed by atoms with Crippen LogP contribution in [0.25, 0.3) is 6.08 Å². The number of rotatable bonds is 4. The molecule has 19 heavy (non-hydrogen) atoms. The van der Waals surface area contributed by atoms with Gasteiger partial charge in [0.15, 0.2) is 0 Å². The van der Waals surface area contributed by atoms with E-state index in [2.05, 4.69) is 4.74 Å². The Labute approximate surface area is 114 Å². The van der Waals surface area contributed by atoms with Gasteiger partial charge >= 0.3 is 5.97 Å². The first kappa shape index (κ1) is 14.7. The summed E-state index contributed by atoms with van der Waals surface area (Å²) in [6.07, 6.45) is 1.05. The van der Waals surface area contributed by atoms with Crippen LogP contribution in [0.1, 0.15) is 12.5 Å². The molecule has 0 aliphatic heterocycles. The molecule has 0 unspecified atom stereocenters. The molecule has 0 aromatic heterocycles. The van der Waals surface area contributed by atoms with Crippen LogP contribution in [-0.4, -0.2) is 17.5 Å². The summed E-state index contributed by atoms with van der Waals surface area (Å²) in [4.78, 5) is 21.7. The number of benzene rings is 1. The molecule has 1 aromatic carbocycles. The molecular formula is C12H9ClN2O4. The molecule has 0 heterocycles. The van der Waals surface area contributed by atoms with Crippen molar-refractivity contribution in [2.24, 2.45) is 0 Å². The van der Waals surface area contributed by atoms with Crippen molar-refractivity contribution in [2.45, 2.75) is 6.92 Å². The Morgan fingerprint density at radius 2 is 2.32 bits per heavy atom. The smallest absolute Gasteiger partial charge is 0.348 e. The zero-order valence-corrected chi connectivity index (χ0v) is 10.7. The van der Waals surface area contributed by atoms with Gasteiger partial charge in [0.05, 0.1) is 22.1 Å². The number of nitriles is 1. The monoisotopic (exact) mass is 280 g/mol. The predicted octanol–water partition coefficient (Wildman–Crippen LogP) is 2.72. The molecule has 0 N–H and O–H groups in total. The molecular weight excluding hydrogens is 272 g/mol. The van der Waals surface area contributed by atoms with Crippen molar-refractivity contribution in [2.75, 3.05) is 6.61 Å². The normalized spacial score (nSPS) is 10.7. The number of esters is 1. The number of nitro benzene ring substituents is 1. The van der Waals surface area contributed by atoms with Crippen LogP contribution in [0.5, 0.6) is 0 Å². The van der Waals surface area contributed by atoms with E-state index in [1.165, 1.54) is 18.2 Å². The quantitative estimate of drug-likeness (QED) is 0.278. The molecule has 7 heteroatoms. The molecule has 0 bridgehead atoms. The molecule has 0 aliphatic rings. The number of carbonyl (C=O) groups excluding carboxylic acids is 1. The molecule has 0 spiro atoms. The summed E-state index contributed by atoms with van der Waals surface area (Å²) in [6, 6.07) is 5.71. The number of carbonyl (C=O) groups is 1. The maximum atomic E-state index is 11.4. The fraction of sp³-hybridized carbons (Fsp3) is 0.167. The Morgan fingerprint density at radius 1 is 1.63 bits per heavy atom. The Balaban J connectivity index is 3.34. The van der Waals surface area contributed by atoms with E-state index in [1.807, 2.05) is 0 Å². The minimum absolute atomic E-state index is 0.00114. The first-order valence-electron chi connectivity index (χ1n) is 5.23. The van der Waals surface area contributed by atoms with Crippen LogP contribution in [0.2, 0.25) is 5.02 Å². The van der Waals surface area contributed by atoms with E-state index >= 15 is 0 Å². The third-order valence-electron chi connectivity index (χ3n) is 2.13. The van der Waals surface area contributed by atoms with Gasteiger partial charge in [0.1, 0.15) is 11.6 Å². The van der Waals surface area contributed by atoms with E-state index < -0.39 is 10.9 Å². The third kappa shape index (κ3) is 3.53. The molecule has 0 amide bonds. The molecule has 1 rings (SSSR count). The van der Waals surface area contributed by atoms with Crippen molar-refractivity contribution in [3.63, 3.8) is 0 Å². The second kappa shape index (κ2) is 6.52. The van der Waals surface area contributed by atoms with Crippen LogP contribution in [0, 0.1) is 21.4 Å². The van der Waals surface area contributed by atoms with Crippen molar-refractivity contribution in [1.82, 2.24) is 0 Å². The highest BCUT2D eigenvalue weighted by Gasteiger charge is 2.18. The highest BCUT2D eigenvalue weighted by molar-refractivity contribution is 6.32. The van der Waals surface area contributed by atoms with E-state index in [0.717, 1.165) is 6.08 Å². The number of hydrogen-bond acceptors (Lipinski definition) is 5. The maximum Gasteiger partial charge on any atom is 0.348 e. The van der Waals surface area contributed by atoms with E-state index in [1.54, 1.807) is 13.0 Å². The molecule has 0 fully saturated rings. The molecule has 0 saturated heterocycles. The van der Waals surface area contributed by atoms with Gasteiger partial charge in [-0.1, -0.05) is 17.7 Å². The summed E-state index contributed by atoms with van der Waals surface area (Å²) in [5.41, 5.74) is -0.638. The van der Waals surface area contributed by atoms with Gasteiger partial charge in [0.2, 0.25) is 0 Å². The minimum Gasteiger partial charge on any atom is -0.462 e. The standard InChI is InChI=1S/C12H9ClN2O4/c1-2-19-12(16)8(7-14)6-9-10(13)4-3-5-11(9)15(17)18/h3-6H,2H2,1H3/b8-6+. The average Bonchev–Trinajstić information content (AvgIpc) is 2.37. The van der Waals surface area contributed by atoms with Gasteiger partial charge in [-0.2, -0.15) is 5.26 Å². The Kier molecular flexibility index (Phi) is 5.03. The first-order valence-corrected chi connectivity index (χ1v) is 5.60. The minimum atomic E-state index is -0.848.